The van der Waals surface area contributed by atoms with Gasteiger partial charge in [0.1, 0.15) is 11.9 Å². The number of likely N-dealkylation sites (tertiary alicyclic amines) is 1. The van der Waals surface area contributed by atoms with Gasteiger partial charge in [-0.25, -0.2) is 0 Å². The summed E-state index contributed by atoms with van der Waals surface area (Å²) in [6, 6.07) is 29.7. The maximum absolute atomic E-state index is 12.3. The Hall–Kier alpha value is -3.11. The quantitative estimate of drug-likeness (QED) is 0.442. The molecule has 4 rings (SSSR count). The molecule has 1 N–H and O–H groups in total. The van der Waals surface area contributed by atoms with Crippen LogP contribution in [0.25, 0.3) is 0 Å². The van der Waals surface area contributed by atoms with E-state index in [4.69, 9.17) is 4.74 Å². The third-order valence-electron chi connectivity index (χ3n) is 6.22. The maximum atomic E-state index is 12.3. The molecule has 1 amide bonds. The molecule has 0 aliphatic carbocycles. The molecule has 0 radical (unpaired) electrons. The first-order chi connectivity index (χ1) is 16.3. The second kappa shape index (κ2) is 10.4. The Labute approximate surface area is 204 Å². The fourth-order valence-corrected chi connectivity index (χ4v) is 4.52. The molecular weight excluding hydrogens is 420 g/mol. The number of rotatable bonds is 8. The zero-order valence-electron chi connectivity index (χ0n) is 20.7. The van der Waals surface area contributed by atoms with Crippen molar-refractivity contribution in [2.75, 3.05) is 13.1 Å². The molecule has 3 aromatic carbocycles. The zero-order chi connectivity index (χ0) is 24.1. The lowest BCUT2D eigenvalue weighted by molar-refractivity contribution is -0.123. The lowest BCUT2D eigenvalue weighted by Gasteiger charge is -2.44. The van der Waals surface area contributed by atoms with Crippen LogP contribution in [0.15, 0.2) is 84.9 Å². The Morgan fingerprint density at radius 3 is 1.91 bits per heavy atom. The van der Waals surface area contributed by atoms with Crippen LogP contribution in [0, 0.1) is 5.41 Å². The van der Waals surface area contributed by atoms with Crippen molar-refractivity contribution in [3.63, 3.8) is 0 Å². The second-order valence-corrected chi connectivity index (χ2v) is 10.5. The van der Waals surface area contributed by atoms with Crippen molar-refractivity contribution < 1.29 is 9.53 Å². The molecule has 1 aliphatic rings. The summed E-state index contributed by atoms with van der Waals surface area (Å²) in [5.41, 5.74) is 3.68. The number of amides is 1. The number of nitrogens with one attached hydrogen (secondary N) is 1. The molecule has 1 aliphatic heterocycles. The Balaban J connectivity index is 1.33. The van der Waals surface area contributed by atoms with Crippen LogP contribution in [-0.2, 0) is 4.79 Å². The molecule has 3 aromatic rings. The van der Waals surface area contributed by atoms with E-state index in [0.717, 1.165) is 24.4 Å². The summed E-state index contributed by atoms with van der Waals surface area (Å²) in [4.78, 5) is 14.7. The number of carbonyl (C=O) groups excluding carboxylic acids is 1. The Morgan fingerprint density at radius 1 is 0.882 bits per heavy atom. The van der Waals surface area contributed by atoms with Crippen LogP contribution in [0.5, 0.6) is 5.75 Å². The van der Waals surface area contributed by atoms with Crippen LogP contribution in [0.4, 0.5) is 0 Å². The van der Waals surface area contributed by atoms with Crippen LogP contribution in [0.3, 0.4) is 0 Å². The number of hydrogen-bond donors (Lipinski definition) is 1. The molecular formula is C30H36N2O2. The molecule has 1 fully saturated rings. The SMILES string of the molecule is C[C@H](NC(=O)CC(C)(C)C)c1ccc(OC2CN(C(c3ccccc3)c3ccccc3)C2)cc1. The van der Waals surface area contributed by atoms with Gasteiger partial charge in [0.25, 0.3) is 0 Å². The largest absolute Gasteiger partial charge is 0.488 e. The average molecular weight is 457 g/mol. The number of nitrogens with zero attached hydrogens (tertiary/aromatic N) is 1. The first kappa shape index (κ1) is 24.0. The summed E-state index contributed by atoms with van der Waals surface area (Å²) in [6.07, 6.45) is 0.689. The van der Waals surface area contributed by atoms with Crippen LogP contribution < -0.4 is 10.1 Å². The van der Waals surface area contributed by atoms with Gasteiger partial charge in [-0.2, -0.15) is 0 Å². The van der Waals surface area contributed by atoms with Gasteiger partial charge in [0.05, 0.1) is 12.1 Å². The molecule has 0 bridgehead atoms. The van der Waals surface area contributed by atoms with Gasteiger partial charge in [-0.3, -0.25) is 9.69 Å². The lowest BCUT2D eigenvalue weighted by atomic mass is 9.91. The minimum atomic E-state index is -0.0272. The zero-order valence-corrected chi connectivity index (χ0v) is 20.7. The minimum absolute atomic E-state index is 0.0157. The van der Waals surface area contributed by atoms with Gasteiger partial charge in [-0.05, 0) is 41.2 Å². The highest BCUT2D eigenvalue weighted by atomic mass is 16.5. The monoisotopic (exact) mass is 456 g/mol. The van der Waals surface area contributed by atoms with E-state index in [-0.39, 0.29) is 29.5 Å². The van der Waals surface area contributed by atoms with Crippen molar-refractivity contribution in [1.82, 2.24) is 10.2 Å². The smallest absolute Gasteiger partial charge is 0.220 e. The van der Waals surface area contributed by atoms with Crippen molar-refractivity contribution in [2.24, 2.45) is 5.41 Å². The van der Waals surface area contributed by atoms with E-state index in [1.54, 1.807) is 0 Å². The third kappa shape index (κ3) is 6.27. The van der Waals surface area contributed by atoms with E-state index < -0.39 is 0 Å². The fraction of sp³-hybridized carbons (Fsp3) is 0.367. The summed E-state index contributed by atoms with van der Waals surface area (Å²) in [7, 11) is 0. The van der Waals surface area contributed by atoms with Crippen molar-refractivity contribution in [3.8, 4) is 5.75 Å². The highest BCUT2D eigenvalue weighted by Crippen LogP contribution is 2.33. The van der Waals surface area contributed by atoms with Gasteiger partial charge in [0.15, 0.2) is 0 Å². The molecule has 1 heterocycles. The minimum Gasteiger partial charge on any atom is -0.488 e. The number of hydrogen-bond acceptors (Lipinski definition) is 3. The topological polar surface area (TPSA) is 41.6 Å². The van der Waals surface area contributed by atoms with E-state index >= 15 is 0 Å². The first-order valence-electron chi connectivity index (χ1n) is 12.2. The normalized spacial score (nSPS) is 15.6. The Morgan fingerprint density at radius 2 is 1.41 bits per heavy atom. The molecule has 0 saturated carbocycles. The molecule has 0 aromatic heterocycles. The Kier molecular flexibility index (Phi) is 7.38. The van der Waals surface area contributed by atoms with Crippen LogP contribution in [0.2, 0.25) is 0 Å². The van der Waals surface area contributed by atoms with Crippen LogP contribution in [-0.4, -0.2) is 30.0 Å². The first-order valence-corrected chi connectivity index (χ1v) is 12.2. The molecule has 1 atom stereocenters. The standard InChI is InChI=1S/C30H36N2O2/c1-22(31-28(33)19-30(2,3)4)23-15-17-26(18-16-23)34-27-20-32(21-27)29(24-11-7-5-8-12-24)25-13-9-6-10-14-25/h5-18,22,27,29H,19-21H2,1-4H3,(H,31,33)/t22-/m0/s1. The predicted octanol–water partition coefficient (Wildman–Crippen LogP) is 6.15. The molecule has 4 heteroatoms. The van der Waals surface area contributed by atoms with Crippen molar-refractivity contribution >= 4 is 5.91 Å². The van der Waals surface area contributed by atoms with E-state index in [1.165, 1.54) is 11.1 Å². The van der Waals surface area contributed by atoms with E-state index in [9.17, 15) is 4.79 Å². The Bertz CT molecular complexity index is 1010. The van der Waals surface area contributed by atoms with Gasteiger partial charge >= 0.3 is 0 Å². The summed E-state index contributed by atoms with van der Waals surface area (Å²) < 4.78 is 6.26. The number of ether oxygens (including phenoxy) is 1. The predicted molar refractivity (Wildman–Crippen MR) is 138 cm³/mol. The molecule has 0 unspecified atom stereocenters. The van der Waals surface area contributed by atoms with Crippen molar-refractivity contribution in [3.05, 3.63) is 102 Å². The van der Waals surface area contributed by atoms with Gasteiger partial charge in [-0.15, -0.1) is 0 Å². The fourth-order valence-electron chi connectivity index (χ4n) is 4.52. The molecule has 34 heavy (non-hydrogen) atoms. The van der Waals surface area contributed by atoms with Gasteiger partial charge in [0, 0.05) is 19.5 Å². The lowest BCUT2D eigenvalue weighted by Crippen LogP contribution is -2.55. The van der Waals surface area contributed by atoms with Crippen molar-refractivity contribution in [1.29, 1.82) is 0 Å². The summed E-state index contributed by atoms with van der Waals surface area (Å²) >= 11 is 0. The summed E-state index contributed by atoms with van der Waals surface area (Å²) in [5, 5.41) is 3.10. The molecule has 178 valence electrons. The molecule has 1 saturated heterocycles. The highest BCUT2D eigenvalue weighted by Gasteiger charge is 2.35. The third-order valence-corrected chi connectivity index (χ3v) is 6.22. The highest BCUT2D eigenvalue weighted by molar-refractivity contribution is 5.77. The maximum Gasteiger partial charge on any atom is 0.220 e. The molecule has 4 nitrogen and oxygen atoms in total. The number of carbonyl (C=O) groups is 1. The van der Waals surface area contributed by atoms with E-state index in [2.05, 4.69) is 91.7 Å². The second-order valence-electron chi connectivity index (χ2n) is 10.5. The molecule has 0 spiro atoms. The van der Waals surface area contributed by atoms with E-state index in [1.807, 2.05) is 31.2 Å². The van der Waals surface area contributed by atoms with Gasteiger partial charge in [-0.1, -0.05) is 93.6 Å². The van der Waals surface area contributed by atoms with Crippen LogP contribution >= 0.6 is 0 Å². The van der Waals surface area contributed by atoms with Gasteiger partial charge < -0.3 is 10.1 Å². The summed E-state index contributed by atoms with van der Waals surface area (Å²) in [5.74, 6) is 0.957. The van der Waals surface area contributed by atoms with Gasteiger partial charge in [0.2, 0.25) is 5.91 Å². The summed E-state index contributed by atoms with van der Waals surface area (Å²) in [6.45, 7) is 10.0. The average Bonchev–Trinajstić information content (AvgIpc) is 2.78. The number of benzene rings is 3. The van der Waals surface area contributed by atoms with Crippen molar-refractivity contribution in [2.45, 2.75) is 52.3 Å². The van der Waals surface area contributed by atoms with E-state index in [0.29, 0.717) is 6.42 Å². The van der Waals surface area contributed by atoms with Crippen LogP contribution in [0.1, 0.15) is 62.9 Å².